The highest BCUT2D eigenvalue weighted by atomic mass is 16.2. The molecule has 0 aromatic carbocycles. The maximum Gasteiger partial charge on any atom is 0.268 e. The molecule has 1 aromatic heterocycles. The van der Waals surface area contributed by atoms with Crippen molar-refractivity contribution in [3.63, 3.8) is 0 Å². The van der Waals surface area contributed by atoms with Crippen LogP contribution in [0.3, 0.4) is 0 Å². The molecule has 2 heterocycles. The van der Waals surface area contributed by atoms with Crippen molar-refractivity contribution in [2.75, 3.05) is 6.54 Å². The summed E-state index contributed by atoms with van der Waals surface area (Å²) in [6.07, 6.45) is 0.375. The Bertz CT molecular complexity index is 419. The predicted molar refractivity (Wildman–Crippen MR) is 60.8 cm³/mol. The highest BCUT2D eigenvalue weighted by Gasteiger charge is 2.27. The summed E-state index contributed by atoms with van der Waals surface area (Å²) in [5.41, 5.74) is 1.77. The fraction of sp³-hybridized carbons (Fsp3) is 0.500. The largest absolute Gasteiger partial charge is 0.353 e. The number of fused-ring (bicyclic) bond motifs is 1. The molecule has 0 bridgehead atoms. The molecule has 0 unspecified atom stereocenters. The Kier molecular flexibility index (Phi) is 2.37. The van der Waals surface area contributed by atoms with Crippen molar-refractivity contribution < 1.29 is 9.59 Å². The van der Waals surface area contributed by atoms with Crippen LogP contribution in [-0.4, -0.2) is 23.2 Å². The molecule has 0 aliphatic carbocycles. The van der Waals surface area contributed by atoms with Crippen LogP contribution in [0.1, 0.15) is 53.7 Å². The fourth-order valence-corrected chi connectivity index (χ4v) is 1.77. The van der Waals surface area contributed by atoms with Gasteiger partial charge in [0.25, 0.3) is 5.91 Å². The van der Waals surface area contributed by atoms with Crippen LogP contribution in [-0.2, 0) is 5.41 Å². The molecule has 86 valence electrons. The molecule has 4 nitrogen and oxygen atoms in total. The summed E-state index contributed by atoms with van der Waals surface area (Å²) in [4.78, 5) is 26.5. The fourth-order valence-electron chi connectivity index (χ4n) is 1.77. The zero-order valence-corrected chi connectivity index (χ0v) is 9.81. The number of nitrogens with one attached hydrogen (secondary N) is 2. The molecule has 0 spiro atoms. The third kappa shape index (κ3) is 1.75. The molecule has 0 radical (unpaired) electrons. The first kappa shape index (κ1) is 10.9. The number of rotatable bonds is 0. The van der Waals surface area contributed by atoms with Crippen LogP contribution in [0.5, 0.6) is 0 Å². The van der Waals surface area contributed by atoms with Crippen molar-refractivity contribution in [1.29, 1.82) is 0 Å². The van der Waals surface area contributed by atoms with E-state index in [0.29, 0.717) is 24.2 Å². The molecule has 1 aliphatic heterocycles. The van der Waals surface area contributed by atoms with E-state index >= 15 is 0 Å². The molecule has 16 heavy (non-hydrogen) atoms. The number of hydrogen-bond donors (Lipinski definition) is 2. The third-order valence-electron chi connectivity index (χ3n) is 2.79. The summed E-state index contributed by atoms with van der Waals surface area (Å²) in [5, 5.41) is 2.70. The van der Waals surface area contributed by atoms with E-state index < -0.39 is 0 Å². The lowest BCUT2D eigenvalue weighted by atomic mass is 9.92. The van der Waals surface area contributed by atoms with E-state index in [1.165, 1.54) is 0 Å². The lowest BCUT2D eigenvalue weighted by Gasteiger charge is -2.16. The average Bonchev–Trinajstić information content (AvgIpc) is 2.56. The van der Waals surface area contributed by atoms with Crippen molar-refractivity contribution in [3.8, 4) is 0 Å². The second-order valence-corrected chi connectivity index (χ2v) is 5.15. The maximum absolute atomic E-state index is 11.8. The van der Waals surface area contributed by atoms with Gasteiger partial charge in [-0.3, -0.25) is 9.59 Å². The summed E-state index contributed by atoms with van der Waals surface area (Å²) >= 11 is 0. The Balaban J connectivity index is 2.53. The van der Waals surface area contributed by atoms with Crippen molar-refractivity contribution in [2.24, 2.45) is 0 Å². The number of hydrogen-bond acceptors (Lipinski definition) is 2. The van der Waals surface area contributed by atoms with E-state index in [2.05, 4.69) is 10.3 Å². The Morgan fingerprint density at radius 3 is 2.56 bits per heavy atom. The summed E-state index contributed by atoms with van der Waals surface area (Å²) in [6.45, 7) is 6.55. The first-order chi connectivity index (χ1) is 7.39. The second kappa shape index (κ2) is 3.47. The summed E-state index contributed by atoms with van der Waals surface area (Å²) < 4.78 is 0. The molecule has 0 atom stereocenters. The van der Waals surface area contributed by atoms with Gasteiger partial charge in [0.15, 0.2) is 5.78 Å². The summed E-state index contributed by atoms with van der Waals surface area (Å²) in [6, 6.07) is 1.81. The highest BCUT2D eigenvalue weighted by molar-refractivity contribution is 6.09. The standard InChI is InChI=1S/C12H16N2O2/c1-12(2,3)9-6-7-8(15)4-5-13-11(16)10(7)14-9/h6,14H,4-5H2,1-3H3,(H,13,16). The summed E-state index contributed by atoms with van der Waals surface area (Å²) in [5.74, 6) is -0.156. The van der Waals surface area contributed by atoms with Crippen LogP contribution in [0.15, 0.2) is 6.07 Å². The van der Waals surface area contributed by atoms with Gasteiger partial charge in [0.05, 0.1) is 0 Å². The second-order valence-electron chi connectivity index (χ2n) is 5.15. The van der Waals surface area contributed by atoms with Crippen LogP contribution < -0.4 is 5.32 Å². The number of ketones is 1. The molecular weight excluding hydrogens is 204 g/mol. The molecule has 2 N–H and O–H groups in total. The number of carbonyl (C=O) groups is 2. The minimum atomic E-state index is -0.184. The average molecular weight is 220 g/mol. The molecule has 4 heteroatoms. The van der Waals surface area contributed by atoms with Gasteiger partial charge in [0, 0.05) is 29.6 Å². The van der Waals surface area contributed by atoms with Gasteiger partial charge in [-0.2, -0.15) is 0 Å². The van der Waals surface area contributed by atoms with Gasteiger partial charge in [-0.25, -0.2) is 0 Å². The molecule has 1 aliphatic rings. The van der Waals surface area contributed by atoms with E-state index in [1.54, 1.807) is 0 Å². The SMILES string of the molecule is CC(C)(C)c1cc2c([nH]1)C(=O)NCCC2=O. The quantitative estimate of drug-likeness (QED) is 0.698. The Morgan fingerprint density at radius 1 is 1.25 bits per heavy atom. The lowest BCUT2D eigenvalue weighted by molar-refractivity contribution is 0.0951. The zero-order chi connectivity index (χ0) is 11.9. The Labute approximate surface area is 94.4 Å². The molecule has 0 fully saturated rings. The Hall–Kier alpha value is -1.58. The van der Waals surface area contributed by atoms with Gasteiger partial charge >= 0.3 is 0 Å². The van der Waals surface area contributed by atoms with Crippen LogP contribution >= 0.6 is 0 Å². The topological polar surface area (TPSA) is 62.0 Å². The van der Waals surface area contributed by atoms with Crippen molar-refractivity contribution in [1.82, 2.24) is 10.3 Å². The first-order valence-corrected chi connectivity index (χ1v) is 5.44. The van der Waals surface area contributed by atoms with Crippen LogP contribution in [0, 0.1) is 0 Å². The molecule has 1 amide bonds. The number of H-pyrrole nitrogens is 1. The van der Waals surface area contributed by atoms with Gasteiger partial charge in [-0.15, -0.1) is 0 Å². The van der Waals surface area contributed by atoms with Gasteiger partial charge in [0.2, 0.25) is 0 Å². The number of aromatic nitrogens is 1. The van der Waals surface area contributed by atoms with Gasteiger partial charge in [-0.1, -0.05) is 20.8 Å². The van der Waals surface area contributed by atoms with E-state index in [-0.39, 0.29) is 17.1 Å². The van der Waals surface area contributed by atoms with E-state index in [9.17, 15) is 9.59 Å². The Morgan fingerprint density at radius 2 is 1.94 bits per heavy atom. The third-order valence-corrected chi connectivity index (χ3v) is 2.79. The highest BCUT2D eigenvalue weighted by Crippen LogP contribution is 2.25. The van der Waals surface area contributed by atoms with Crippen LogP contribution in [0.2, 0.25) is 0 Å². The molecule has 0 saturated heterocycles. The van der Waals surface area contributed by atoms with Crippen molar-refractivity contribution in [2.45, 2.75) is 32.6 Å². The maximum atomic E-state index is 11.8. The number of aromatic amines is 1. The number of carbonyl (C=O) groups excluding carboxylic acids is 2. The molecule has 1 aromatic rings. The predicted octanol–water partition coefficient (Wildman–Crippen LogP) is 1.63. The first-order valence-electron chi connectivity index (χ1n) is 5.44. The monoisotopic (exact) mass is 220 g/mol. The van der Waals surface area contributed by atoms with Crippen LogP contribution in [0.25, 0.3) is 0 Å². The van der Waals surface area contributed by atoms with E-state index in [4.69, 9.17) is 0 Å². The van der Waals surface area contributed by atoms with Gasteiger partial charge in [-0.05, 0) is 6.07 Å². The smallest absolute Gasteiger partial charge is 0.268 e. The van der Waals surface area contributed by atoms with Crippen molar-refractivity contribution >= 4 is 11.7 Å². The molecule has 2 rings (SSSR count). The minimum Gasteiger partial charge on any atom is -0.353 e. The molecule has 0 saturated carbocycles. The summed E-state index contributed by atoms with van der Waals surface area (Å²) in [7, 11) is 0. The minimum absolute atomic E-state index is 0.0279. The lowest BCUT2D eigenvalue weighted by Crippen LogP contribution is -2.23. The van der Waals surface area contributed by atoms with E-state index in [0.717, 1.165) is 5.69 Å². The zero-order valence-electron chi connectivity index (χ0n) is 9.81. The van der Waals surface area contributed by atoms with Crippen molar-refractivity contribution in [3.05, 3.63) is 23.0 Å². The number of amides is 1. The van der Waals surface area contributed by atoms with Gasteiger partial charge in [0.1, 0.15) is 5.69 Å². The van der Waals surface area contributed by atoms with Gasteiger partial charge < -0.3 is 10.3 Å². The normalized spacial score (nSPS) is 16.7. The van der Waals surface area contributed by atoms with Crippen LogP contribution in [0.4, 0.5) is 0 Å². The van der Waals surface area contributed by atoms with E-state index in [1.807, 2.05) is 26.8 Å². The number of Topliss-reactive ketones (excluding diaryl/α,β-unsaturated/α-hetero) is 1. The molecular formula is C12H16N2O2.